The number of hydrogen-bond donors (Lipinski definition) is 2. The molecular weight excluding hydrogens is 480 g/mol. The van der Waals surface area contributed by atoms with Crippen LogP contribution in [0.15, 0.2) is 46.9 Å². The Morgan fingerprint density at radius 3 is 1.70 bits per heavy atom. The molecule has 0 saturated carbocycles. The zero-order valence-electron chi connectivity index (χ0n) is 19.9. The van der Waals surface area contributed by atoms with Gasteiger partial charge < -0.3 is 19.7 Å². The number of halogens is 1. The molecule has 0 spiro atoms. The Morgan fingerprint density at radius 1 is 0.697 bits per heavy atom. The molecule has 0 aromatic heterocycles. The van der Waals surface area contributed by atoms with Gasteiger partial charge in [0.2, 0.25) is 0 Å². The minimum atomic E-state index is -0.494. The average Bonchev–Trinajstić information content (AvgIpc) is 2.81. The van der Waals surface area contributed by atoms with Gasteiger partial charge in [0.15, 0.2) is 0 Å². The van der Waals surface area contributed by atoms with E-state index in [0.717, 1.165) is 88.9 Å². The van der Waals surface area contributed by atoms with Gasteiger partial charge in [-0.1, -0.05) is 92.6 Å². The van der Waals surface area contributed by atoms with E-state index in [-0.39, 0.29) is 13.2 Å². The first-order valence-electron chi connectivity index (χ1n) is 12.3. The Hall–Kier alpha value is -1.82. The molecule has 3 rings (SSSR count). The van der Waals surface area contributed by atoms with E-state index in [1.54, 1.807) is 0 Å². The Labute approximate surface area is 206 Å². The monoisotopic (exact) mass is 516 g/mol. The van der Waals surface area contributed by atoms with Crippen molar-refractivity contribution in [2.45, 2.75) is 77.4 Å². The van der Waals surface area contributed by atoms with Gasteiger partial charge in [-0.05, 0) is 31.0 Å². The van der Waals surface area contributed by atoms with Gasteiger partial charge in [0.1, 0.15) is 24.7 Å². The van der Waals surface area contributed by atoms with Crippen molar-refractivity contribution in [1.82, 2.24) is 0 Å². The van der Waals surface area contributed by atoms with Gasteiger partial charge in [-0.15, -0.1) is 0 Å². The topological polar surface area (TPSA) is 58.9 Å². The zero-order chi connectivity index (χ0) is 23.6. The van der Waals surface area contributed by atoms with Crippen LogP contribution in [0.3, 0.4) is 0 Å². The summed E-state index contributed by atoms with van der Waals surface area (Å²) in [6.07, 6.45) is 7.00. The maximum atomic E-state index is 10.4. The Bertz CT molecular complexity index is 1020. The van der Waals surface area contributed by atoms with Gasteiger partial charge in [0, 0.05) is 26.0 Å². The van der Waals surface area contributed by atoms with E-state index in [9.17, 15) is 10.2 Å². The molecule has 3 aromatic rings. The highest BCUT2D eigenvalue weighted by molar-refractivity contribution is 9.10. The number of fused-ring (bicyclic) bond motifs is 2. The first-order chi connectivity index (χ1) is 16.0. The van der Waals surface area contributed by atoms with E-state index < -0.39 is 12.2 Å². The largest absolute Gasteiger partial charge is 0.490 e. The van der Waals surface area contributed by atoms with Gasteiger partial charge in [0.25, 0.3) is 0 Å². The summed E-state index contributed by atoms with van der Waals surface area (Å²) in [6.45, 7) is 4.83. The Morgan fingerprint density at radius 2 is 1.18 bits per heavy atom. The third kappa shape index (κ3) is 7.08. The summed E-state index contributed by atoms with van der Waals surface area (Å²) in [4.78, 5) is 0. The van der Waals surface area contributed by atoms with E-state index in [0.29, 0.717) is 0 Å². The SMILES string of the molecule is CCCCCC(O)COc1c2ccccc2c(OCC(O)CCCCC)c2cc(Br)ccc12. The lowest BCUT2D eigenvalue weighted by Gasteiger charge is -2.20. The third-order valence-corrected chi connectivity index (χ3v) is 6.50. The molecule has 0 aliphatic heterocycles. The molecule has 4 nitrogen and oxygen atoms in total. The molecule has 0 amide bonds. The van der Waals surface area contributed by atoms with E-state index >= 15 is 0 Å². The predicted octanol–water partition coefficient (Wildman–Crippen LogP) is 7.40. The number of unbranched alkanes of at least 4 members (excludes halogenated alkanes) is 4. The molecule has 2 atom stereocenters. The minimum absolute atomic E-state index is 0.256. The van der Waals surface area contributed by atoms with Crippen LogP contribution in [0, 0.1) is 0 Å². The summed E-state index contributed by atoms with van der Waals surface area (Å²) in [5.74, 6) is 1.52. The van der Waals surface area contributed by atoms with Crippen molar-refractivity contribution in [1.29, 1.82) is 0 Å². The van der Waals surface area contributed by atoms with Crippen LogP contribution in [-0.2, 0) is 0 Å². The van der Waals surface area contributed by atoms with E-state index in [4.69, 9.17) is 9.47 Å². The second kappa shape index (κ2) is 13.2. The number of aliphatic hydroxyl groups excluding tert-OH is 2. The second-order valence-corrected chi connectivity index (χ2v) is 9.73. The van der Waals surface area contributed by atoms with Crippen molar-refractivity contribution >= 4 is 37.5 Å². The van der Waals surface area contributed by atoms with Crippen LogP contribution in [0.25, 0.3) is 21.5 Å². The normalized spacial score (nSPS) is 13.4. The molecule has 3 aromatic carbocycles. The van der Waals surface area contributed by atoms with Crippen molar-refractivity contribution in [2.75, 3.05) is 13.2 Å². The van der Waals surface area contributed by atoms with Crippen LogP contribution in [0.1, 0.15) is 65.2 Å². The number of rotatable bonds is 14. The maximum absolute atomic E-state index is 10.4. The zero-order valence-corrected chi connectivity index (χ0v) is 21.4. The summed E-state index contributed by atoms with van der Waals surface area (Å²) in [6, 6.07) is 14.1. The molecule has 0 fully saturated rings. The number of benzene rings is 3. The number of hydrogen-bond acceptors (Lipinski definition) is 4. The third-order valence-electron chi connectivity index (χ3n) is 6.01. The Kier molecular flexibility index (Phi) is 10.3. The van der Waals surface area contributed by atoms with Crippen molar-refractivity contribution in [3.8, 4) is 11.5 Å². The summed E-state index contributed by atoms with van der Waals surface area (Å²) < 4.78 is 13.4. The van der Waals surface area contributed by atoms with Crippen LogP contribution >= 0.6 is 15.9 Å². The molecule has 0 heterocycles. The van der Waals surface area contributed by atoms with E-state index in [1.165, 1.54) is 0 Å². The fraction of sp³-hybridized carbons (Fsp3) is 0.500. The van der Waals surface area contributed by atoms with Gasteiger partial charge in [-0.2, -0.15) is 0 Å². The molecule has 0 aliphatic carbocycles. The molecular formula is C28H37BrO4. The maximum Gasteiger partial charge on any atom is 0.135 e. The van der Waals surface area contributed by atoms with Gasteiger partial charge in [0.05, 0.1) is 12.2 Å². The molecule has 0 saturated heterocycles. The lowest BCUT2D eigenvalue weighted by atomic mass is 10.0. The average molecular weight is 518 g/mol. The summed E-state index contributed by atoms with van der Waals surface area (Å²) in [7, 11) is 0. The van der Waals surface area contributed by atoms with Crippen molar-refractivity contribution in [2.24, 2.45) is 0 Å². The van der Waals surface area contributed by atoms with E-state index in [1.807, 2.05) is 42.5 Å². The highest BCUT2D eigenvalue weighted by Crippen LogP contribution is 2.43. The van der Waals surface area contributed by atoms with Crippen LogP contribution in [0.4, 0.5) is 0 Å². The summed E-state index contributed by atoms with van der Waals surface area (Å²) in [5.41, 5.74) is 0. The quantitative estimate of drug-likeness (QED) is 0.173. The molecule has 2 N–H and O–H groups in total. The number of aliphatic hydroxyl groups is 2. The molecule has 0 radical (unpaired) electrons. The minimum Gasteiger partial charge on any atom is -0.490 e. The van der Waals surface area contributed by atoms with Gasteiger partial charge >= 0.3 is 0 Å². The highest BCUT2D eigenvalue weighted by Gasteiger charge is 2.18. The van der Waals surface area contributed by atoms with Crippen LogP contribution in [-0.4, -0.2) is 35.6 Å². The van der Waals surface area contributed by atoms with Crippen molar-refractivity contribution in [3.63, 3.8) is 0 Å². The molecule has 180 valence electrons. The van der Waals surface area contributed by atoms with Gasteiger partial charge in [-0.25, -0.2) is 0 Å². The first-order valence-corrected chi connectivity index (χ1v) is 13.1. The number of ether oxygens (including phenoxy) is 2. The lowest BCUT2D eigenvalue weighted by Crippen LogP contribution is -2.18. The smallest absolute Gasteiger partial charge is 0.135 e. The van der Waals surface area contributed by atoms with Crippen LogP contribution in [0.2, 0.25) is 0 Å². The predicted molar refractivity (Wildman–Crippen MR) is 140 cm³/mol. The molecule has 0 aliphatic rings. The van der Waals surface area contributed by atoms with Crippen molar-refractivity contribution in [3.05, 3.63) is 46.9 Å². The lowest BCUT2D eigenvalue weighted by molar-refractivity contribution is 0.0979. The first kappa shape index (κ1) is 25.8. The Balaban J connectivity index is 1.92. The van der Waals surface area contributed by atoms with Crippen LogP contribution < -0.4 is 9.47 Å². The van der Waals surface area contributed by atoms with Gasteiger partial charge in [-0.3, -0.25) is 0 Å². The fourth-order valence-electron chi connectivity index (χ4n) is 4.17. The summed E-state index contributed by atoms with van der Waals surface area (Å²) >= 11 is 3.59. The van der Waals surface area contributed by atoms with Crippen LogP contribution in [0.5, 0.6) is 11.5 Å². The van der Waals surface area contributed by atoms with E-state index in [2.05, 4.69) is 29.8 Å². The standard InChI is InChI=1S/C28H37BrO4/c1-3-5-7-11-21(30)18-32-27-23-13-9-10-14-24(23)28(26-17-20(29)15-16-25(26)27)33-19-22(31)12-8-6-4-2/h9-10,13-17,21-22,30-31H,3-8,11-12,18-19H2,1-2H3. The molecule has 0 bridgehead atoms. The molecule has 33 heavy (non-hydrogen) atoms. The second-order valence-electron chi connectivity index (χ2n) is 8.81. The van der Waals surface area contributed by atoms with Crippen molar-refractivity contribution < 1.29 is 19.7 Å². The highest BCUT2D eigenvalue weighted by atomic mass is 79.9. The summed E-state index contributed by atoms with van der Waals surface area (Å²) in [5, 5.41) is 24.6. The molecule has 5 heteroatoms. The molecule has 2 unspecified atom stereocenters. The fourth-order valence-corrected chi connectivity index (χ4v) is 4.53.